The smallest absolute Gasteiger partial charge is 0.269 e. The van der Waals surface area contributed by atoms with Crippen LogP contribution in [0.25, 0.3) is 0 Å². The van der Waals surface area contributed by atoms with Crippen molar-refractivity contribution in [2.45, 2.75) is 39.5 Å². The quantitative estimate of drug-likeness (QED) is 0.484. The van der Waals surface area contributed by atoms with Crippen molar-refractivity contribution in [3.63, 3.8) is 0 Å². The van der Waals surface area contributed by atoms with Crippen LogP contribution >= 0.6 is 0 Å². The number of nitrogens with one attached hydrogen (secondary N) is 1. The van der Waals surface area contributed by atoms with Gasteiger partial charge in [-0.15, -0.1) is 0 Å². The van der Waals surface area contributed by atoms with E-state index in [1.54, 1.807) is 30.5 Å². The number of carbonyl (C=O) groups excluding carboxylic acids is 1. The average molecular weight is 425 g/mol. The van der Waals surface area contributed by atoms with Crippen molar-refractivity contribution >= 4 is 11.6 Å². The van der Waals surface area contributed by atoms with Crippen LogP contribution in [0.3, 0.4) is 0 Å². The number of carbonyl (C=O) groups is 1. The van der Waals surface area contributed by atoms with Gasteiger partial charge in [-0.25, -0.2) is 0 Å². The van der Waals surface area contributed by atoms with Gasteiger partial charge >= 0.3 is 0 Å². The number of non-ortho nitro benzene ring substituents is 1. The van der Waals surface area contributed by atoms with Crippen LogP contribution in [0.2, 0.25) is 0 Å². The standard InChI is InChI=1S/C24H32N4O3/c1-24(2,18-26-23(29)22-5-3-4-13-25-22)12-16-27-14-10-20(11-15-27)17-19-6-8-21(9-7-19)28(30)31/h3-9,13,20H,10-12,14-18H2,1-2H3,(H,26,29). The molecule has 1 fully saturated rings. The van der Waals surface area contributed by atoms with E-state index in [1.165, 1.54) is 5.56 Å². The molecule has 1 aliphatic rings. The molecule has 31 heavy (non-hydrogen) atoms. The van der Waals surface area contributed by atoms with Crippen LogP contribution in [-0.4, -0.2) is 46.9 Å². The summed E-state index contributed by atoms with van der Waals surface area (Å²) in [7, 11) is 0. The first-order chi connectivity index (χ1) is 14.8. The number of hydrogen-bond acceptors (Lipinski definition) is 5. The number of nitrogens with zero attached hydrogens (tertiary/aromatic N) is 3. The minimum Gasteiger partial charge on any atom is -0.350 e. The fourth-order valence-electron chi connectivity index (χ4n) is 3.96. The Morgan fingerprint density at radius 1 is 1.19 bits per heavy atom. The van der Waals surface area contributed by atoms with Crippen molar-refractivity contribution in [1.82, 2.24) is 15.2 Å². The van der Waals surface area contributed by atoms with Crippen LogP contribution in [0, 0.1) is 21.4 Å². The first-order valence-electron chi connectivity index (χ1n) is 11.0. The van der Waals surface area contributed by atoms with Crippen molar-refractivity contribution in [2.75, 3.05) is 26.2 Å². The number of aromatic nitrogens is 1. The summed E-state index contributed by atoms with van der Waals surface area (Å²) in [6.07, 6.45) is 5.92. The van der Waals surface area contributed by atoms with E-state index in [0.29, 0.717) is 18.2 Å². The molecule has 7 heteroatoms. The average Bonchev–Trinajstić information content (AvgIpc) is 2.78. The summed E-state index contributed by atoms with van der Waals surface area (Å²) in [4.78, 5) is 29.3. The number of likely N-dealkylation sites (tertiary alicyclic amines) is 1. The topological polar surface area (TPSA) is 88.4 Å². The zero-order valence-corrected chi connectivity index (χ0v) is 18.4. The second-order valence-corrected chi connectivity index (χ2v) is 9.22. The van der Waals surface area contributed by atoms with E-state index in [2.05, 4.69) is 29.0 Å². The van der Waals surface area contributed by atoms with E-state index < -0.39 is 0 Å². The van der Waals surface area contributed by atoms with Crippen LogP contribution in [0.15, 0.2) is 48.7 Å². The molecule has 1 saturated heterocycles. The van der Waals surface area contributed by atoms with E-state index in [4.69, 9.17) is 0 Å². The Morgan fingerprint density at radius 2 is 1.90 bits per heavy atom. The molecule has 0 spiro atoms. The Morgan fingerprint density at radius 3 is 2.52 bits per heavy atom. The Hall–Kier alpha value is -2.80. The normalized spacial score (nSPS) is 15.5. The molecule has 0 bridgehead atoms. The highest BCUT2D eigenvalue weighted by atomic mass is 16.6. The Kier molecular flexibility index (Phi) is 7.74. The van der Waals surface area contributed by atoms with Crippen molar-refractivity contribution in [1.29, 1.82) is 0 Å². The van der Waals surface area contributed by atoms with Crippen LogP contribution in [0.4, 0.5) is 5.69 Å². The van der Waals surface area contributed by atoms with E-state index >= 15 is 0 Å². The predicted molar refractivity (Wildman–Crippen MR) is 121 cm³/mol. The molecule has 0 aliphatic carbocycles. The number of nitro groups is 1. The zero-order chi connectivity index (χ0) is 22.3. The largest absolute Gasteiger partial charge is 0.350 e. The van der Waals surface area contributed by atoms with Crippen molar-refractivity contribution in [3.8, 4) is 0 Å². The third-order valence-corrected chi connectivity index (χ3v) is 6.11. The number of piperidine rings is 1. The molecule has 0 unspecified atom stereocenters. The Bertz CT molecular complexity index is 860. The Labute approximate surface area is 184 Å². The van der Waals surface area contributed by atoms with Gasteiger partial charge in [-0.2, -0.15) is 0 Å². The second kappa shape index (κ2) is 10.5. The molecule has 0 radical (unpaired) electrons. The molecule has 1 aromatic carbocycles. The first-order valence-corrected chi connectivity index (χ1v) is 11.0. The van der Waals surface area contributed by atoms with E-state index in [9.17, 15) is 14.9 Å². The molecule has 7 nitrogen and oxygen atoms in total. The third kappa shape index (κ3) is 7.14. The molecule has 1 aromatic heterocycles. The zero-order valence-electron chi connectivity index (χ0n) is 18.4. The van der Waals surface area contributed by atoms with Gasteiger partial charge in [0.2, 0.25) is 0 Å². The molecule has 1 aliphatic heterocycles. The molecule has 3 rings (SSSR count). The highest BCUT2D eigenvalue weighted by Gasteiger charge is 2.24. The van der Waals surface area contributed by atoms with Crippen LogP contribution < -0.4 is 5.32 Å². The summed E-state index contributed by atoms with van der Waals surface area (Å²) in [6, 6.07) is 12.3. The number of nitro benzene ring substituents is 1. The van der Waals surface area contributed by atoms with E-state index in [0.717, 1.165) is 45.3 Å². The minimum atomic E-state index is -0.353. The summed E-state index contributed by atoms with van der Waals surface area (Å²) in [5, 5.41) is 13.8. The maximum Gasteiger partial charge on any atom is 0.269 e. The Balaban J connectivity index is 1.37. The molecule has 2 heterocycles. The van der Waals surface area contributed by atoms with Gasteiger partial charge in [0, 0.05) is 24.9 Å². The van der Waals surface area contributed by atoms with Gasteiger partial charge in [-0.3, -0.25) is 19.9 Å². The van der Waals surface area contributed by atoms with Crippen LogP contribution in [0.5, 0.6) is 0 Å². The lowest BCUT2D eigenvalue weighted by Crippen LogP contribution is -2.39. The SMILES string of the molecule is CC(C)(CCN1CCC(Cc2ccc([N+](=O)[O-])cc2)CC1)CNC(=O)c1ccccn1. The molecule has 0 saturated carbocycles. The minimum absolute atomic E-state index is 0.0139. The van der Waals surface area contributed by atoms with Crippen molar-refractivity contribution in [3.05, 3.63) is 70.0 Å². The highest BCUT2D eigenvalue weighted by Crippen LogP contribution is 2.25. The number of benzene rings is 1. The predicted octanol–water partition coefficient (Wildman–Crippen LogP) is 4.09. The van der Waals surface area contributed by atoms with Crippen LogP contribution in [0.1, 0.15) is 49.2 Å². The van der Waals surface area contributed by atoms with Gasteiger partial charge < -0.3 is 10.2 Å². The molecular formula is C24H32N4O3. The molecule has 166 valence electrons. The monoisotopic (exact) mass is 424 g/mol. The lowest BCUT2D eigenvalue weighted by atomic mass is 9.87. The summed E-state index contributed by atoms with van der Waals surface area (Å²) in [5.74, 6) is 0.504. The van der Waals surface area contributed by atoms with Crippen molar-refractivity contribution in [2.24, 2.45) is 11.3 Å². The molecular weight excluding hydrogens is 392 g/mol. The second-order valence-electron chi connectivity index (χ2n) is 9.22. The summed E-state index contributed by atoms with van der Waals surface area (Å²) >= 11 is 0. The number of rotatable bonds is 9. The summed E-state index contributed by atoms with van der Waals surface area (Å²) in [6.45, 7) is 8.18. The summed E-state index contributed by atoms with van der Waals surface area (Å²) < 4.78 is 0. The lowest BCUT2D eigenvalue weighted by molar-refractivity contribution is -0.384. The maximum absolute atomic E-state index is 12.2. The molecule has 0 atom stereocenters. The van der Waals surface area contributed by atoms with Crippen LogP contribution in [-0.2, 0) is 6.42 Å². The first kappa shape index (κ1) is 22.9. The van der Waals surface area contributed by atoms with Gasteiger partial charge in [0.15, 0.2) is 0 Å². The number of amides is 1. The lowest BCUT2D eigenvalue weighted by Gasteiger charge is -2.34. The van der Waals surface area contributed by atoms with E-state index in [-0.39, 0.29) is 21.9 Å². The number of pyridine rings is 1. The van der Waals surface area contributed by atoms with Gasteiger partial charge in [0.25, 0.3) is 11.6 Å². The molecule has 1 amide bonds. The number of hydrogen-bond donors (Lipinski definition) is 1. The fourth-order valence-corrected chi connectivity index (χ4v) is 3.96. The van der Waals surface area contributed by atoms with Gasteiger partial charge in [-0.05, 0) is 74.3 Å². The molecule has 1 N–H and O–H groups in total. The third-order valence-electron chi connectivity index (χ3n) is 6.11. The maximum atomic E-state index is 12.2. The van der Waals surface area contributed by atoms with Gasteiger partial charge in [0.05, 0.1) is 4.92 Å². The van der Waals surface area contributed by atoms with Crippen molar-refractivity contribution < 1.29 is 9.72 Å². The van der Waals surface area contributed by atoms with E-state index in [1.807, 2.05) is 18.2 Å². The summed E-state index contributed by atoms with van der Waals surface area (Å²) in [5.41, 5.74) is 1.79. The fraction of sp³-hybridized carbons (Fsp3) is 0.500. The molecule has 2 aromatic rings. The van der Waals surface area contributed by atoms with Gasteiger partial charge in [0.1, 0.15) is 5.69 Å². The highest BCUT2D eigenvalue weighted by molar-refractivity contribution is 5.92. The van der Waals surface area contributed by atoms with Gasteiger partial charge in [-0.1, -0.05) is 32.0 Å².